The summed E-state index contributed by atoms with van der Waals surface area (Å²) >= 11 is 0. The lowest BCUT2D eigenvalue weighted by atomic mass is 9.66. The van der Waals surface area contributed by atoms with E-state index in [0.29, 0.717) is 24.0 Å². The number of rotatable bonds is 12. The summed E-state index contributed by atoms with van der Waals surface area (Å²) in [7, 11) is 0. The average molecular weight is 1320 g/mol. The van der Waals surface area contributed by atoms with Crippen molar-refractivity contribution in [3.05, 3.63) is 427 Å². The van der Waals surface area contributed by atoms with Gasteiger partial charge < -0.3 is 9.80 Å². The Morgan fingerprint density at radius 3 is 0.980 bits per heavy atom. The van der Waals surface area contributed by atoms with Gasteiger partial charge in [-0.05, 0) is 272 Å². The van der Waals surface area contributed by atoms with Crippen LogP contribution < -0.4 is 9.80 Å². The van der Waals surface area contributed by atoms with Gasteiger partial charge in [0, 0.05) is 34.1 Å². The van der Waals surface area contributed by atoms with Crippen molar-refractivity contribution in [3.8, 4) is 44.5 Å². The predicted octanol–water partition coefficient (Wildman–Crippen LogP) is 25.6. The van der Waals surface area contributed by atoms with Gasteiger partial charge in [-0.25, -0.2) is 8.78 Å². The molecule has 3 aliphatic carbocycles. The lowest BCUT2D eigenvalue weighted by Crippen LogP contribution is -2.30. The van der Waals surface area contributed by atoms with Gasteiger partial charge in [0.25, 0.3) is 0 Å². The fraction of sp³-hybridized carbons (Fsp3) is 0.102. The average Bonchev–Trinajstić information content (AvgIpc) is 1.53. The van der Waals surface area contributed by atoms with E-state index in [-0.39, 0.29) is 11.6 Å². The van der Waals surface area contributed by atoms with Crippen LogP contribution >= 0.6 is 0 Å². The highest BCUT2D eigenvalue weighted by atomic mass is 19.1. The van der Waals surface area contributed by atoms with Crippen molar-refractivity contribution in [2.45, 2.75) is 65.2 Å². The zero-order valence-corrected chi connectivity index (χ0v) is 58.3. The maximum atomic E-state index is 16.5. The smallest absolute Gasteiger partial charge is 0.128 e. The van der Waals surface area contributed by atoms with Crippen LogP contribution in [0.5, 0.6) is 0 Å². The molecule has 14 aromatic rings. The highest BCUT2D eigenvalue weighted by Gasteiger charge is 2.49. The first-order chi connectivity index (χ1) is 49.7. The SMILES string of the molecule is C=Cc1ccc(C2(c3cc(C)ccc3C)c3ccccc3-c3ccc(N(c4ccc(C)c(F)c4)c4ccc5c(c4)Cc4ccccc4-c4ccc(N(c6ccc(C)c(F)c6)c6ccc7c(c6)C(c6ccc(C=C)cc6)(c6cc(C)ccc6C)c6ccccc6-7)cc4Cc4ccccc4-5)cc32)cc1. The van der Waals surface area contributed by atoms with Gasteiger partial charge in [-0.3, -0.25) is 0 Å². The van der Waals surface area contributed by atoms with Gasteiger partial charge in [0.05, 0.1) is 10.8 Å². The van der Waals surface area contributed by atoms with Gasteiger partial charge in [-0.15, -0.1) is 0 Å². The van der Waals surface area contributed by atoms with E-state index in [1.165, 1.54) is 66.8 Å². The molecule has 0 saturated carbocycles. The molecule has 0 amide bonds. The summed E-state index contributed by atoms with van der Waals surface area (Å²) < 4.78 is 33.0. The maximum absolute atomic E-state index is 16.5. The molecule has 102 heavy (non-hydrogen) atoms. The molecule has 4 heteroatoms. The maximum Gasteiger partial charge on any atom is 0.128 e. The van der Waals surface area contributed by atoms with Crippen molar-refractivity contribution in [2.75, 3.05) is 9.80 Å². The molecule has 0 heterocycles. The number of hydrogen-bond donors (Lipinski definition) is 0. The van der Waals surface area contributed by atoms with Gasteiger partial charge in [0.1, 0.15) is 11.6 Å². The van der Waals surface area contributed by atoms with Crippen LogP contribution in [0.25, 0.3) is 56.7 Å². The summed E-state index contributed by atoms with van der Waals surface area (Å²) in [6, 6.07) is 106. The summed E-state index contributed by atoms with van der Waals surface area (Å²) in [6.45, 7) is 20.7. The fourth-order valence-corrected chi connectivity index (χ4v) is 17.2. The number of nitrogens with zero attached hydrogens (tertiary/aromatic N) is 2. The van der Waals surface area contributed by atoms with E-state index in [1.54, 1.807) is 12.1 Å². The van der Waals surface area contributed by atoms with Crippen LogP contribution in [-0.4, -0.2) is 0 Å². The van der Waals surface area contributed by atoms with Crippen molar-refractivity contribution in [1.29, 1.82) is 0 Å². The molecule has 14 aromatic carbocycles. The Morgan fingerprint density at radius 1 is 0.275 bits per heavy atom. The molecular formula is C98H76F2N2. The summed E-state index contributed by atoms with van der Waals surface area (Å²) in [5.41, 5.74) is 35.1. The number of anilines is 6. The standard InChI is InChI=1S/C98H76F2N2/c1-9-67-33-37-73(38-34-67)97(91-51-61(3)27-29-63(91)5)89-25-17-15-23-85(89)87-49-45-77(57-93(87)97)101(79-41-31-65(7)95(99)59-79)75-43-47-83-71(55-75)53-69-19-11-14-22-82(69)84-48-44-76(56-72(84)54-70-20-12-13-21-81(70)83)102(80-42-32-66(8)96(100)60-80)78-46-50-88-86-24-16-18-26-90(86)98(94(88)58-78,74-39-35-68(10-2)36-40-74)92-52-62(4)28-30-64(92)6/h9-52,55-60H,1-2,53-54H2,3-8H3. The lowest BCUT2D eigenvalue weighted by molar-refractivity contribution is 0.618. The highest BCUT2D eigenvalue weighted by molar-refractivity contribution is 5.93. The number of hydrogen-bond acceptors (Lipinski definition) is 2. The van der Waals surface area contributed by atoms with Crippen molar-refractivity contribution >= 4 is 46.3 Å². The first-order valence-electron chi connectivity index (χ1n) is 35.4. The molecule has 0 radical (unpaired) electrons. The van der Waals surface area contributed by atoms with Crippen LogP contribution in [0.4, 0.5) is 42.9 Å². The summed E-state index contributed by atoms with van der Waals surface area (Å²) in [5, 5.41) is 0. The predicted molar refractivity (Wildman–Crippen MR) is 422 cm³/mol. The molecule has 2 nitrogen and oxygen atoms in total. The van der Waals surface area contributed by atoms with Gasteiger partial charge in [-0.1, -0.05) is 255 Å². The molecule has 3 aliphatic rings. The second kappa shape index (κ2) is 25.0. The van der Waals surface area contributed by atoms with Gasteiger partial charge >= 0.3 is 0 Å². The Bertz CT molecular complexity index is 5400. The molecule has 2 unspecified atom stereocenters. The summed E-state index contributed by atoms with van der Waals surface area (Å²) in [6.07, 6.45) is 5.01. The summed E-state index contributed by atoms with van der Waals surface area (Å²) in [4.78, 5) is 4.51. The minimum atomic E-state index is -0.700. The molecule has 0 aromatic heterocycles. The monoisotopic (exact) mass is 1320 g/mol. The molecule has 492 valence electrons. The van der Waals surface area contributed by atoms with E-state index in [4.69, 9.17) is 0 Å². The largest absolute Gasteiger partial charge is 0.310 e. The molecule has 0 bridgehead atoms. The van der Waals surface area contributed by atoms with E-state index >= 15 is 8.78 Å². The Hall–Kier alpha value is -12.0. The number of fused-ring (bicyclic) bond motifs is 12. The summed E-state index contributed by atoms with van der Waals surface area (Å²) in [5.74, 6) is -0.537. The number of aryl methyl sites for hydroxylation is 6. The molecule has 0 N–H and O–H groups in total. The fourth-order valence-electron chi connectivity index (χ4n) is 17.2. The lowest BCUT2D eigenvalue weighted by Gasteiger charge is -2.36. The molecule has 0 saturated heterocycles. The van der Waals surface area contributed by atoms with Crippen molar-refractivity contribution in [2.24, 2.45) is 0 Å². The van der Waals surface area contributed by atoms with Gasteiger partial charge in [0.2, 0.25) is 0 Å². The van der Waals surface area contributed by atoms with Crippen molar-refractivity contribution in [1.82, 2.24) is 0 Å². The Morgan fingerprint density at radius 2 is 0.588 bits per heavy atom. The topological polar surface area (TPSA) is 6.48 Å². The van der Waals surface area contributed by atoms with Crippen LogP contribution in [0.3, 0.4) is 0 Å². The minimum Gasteiger partial charge on any atom is -0.310 e. The van der Waals surface area contributed by atoms with Crippen LogP contribution in [0.1, 0.15) is 111 Å². The van der Waals surface area contributed by atoms with Gasteiger partial charge in [-0.2, -0.15) is 0 Å². The van der Waals surface area contributed by atoms with E-state index in [1.807, 2.05) is 38.1 Å². The van der Waals surface area contributed by atoms with Crippen LogP contribution in [-0.2, 0) is 23.7 Å². The quantitative estimate of drug-likeness (QED) is 0.120. The second-order valence-corrected chi connectivity index (χ2v) is 28.2. The van der Waals surface area contributed by atoms with Crippen molar-refractivity contribution in [3.63, 3.8) is 0 Å². The Balaban J connectivity index is 0.829. The number of halogens is 2. The van der Waals surface area contributed by atoms with Gasteiger partial charge in [0.15, 0.2) is 0 Å². The van der Waals surface area contributed by atoms with Crippen LogP contribution in [0, 0.1) is 53.2 Å². The normalized spacial score (nSPS) is 15.1. The first-order valence-corrected chi connectivity index (χ1v) is 35.4. The molecule has 0 fully saturated rings. The molecule has 0 spiro atoms. The second-order valence-electron chi connectivity index (χ2n) is 28.2. The zero-order chi connectivity index (χ0) is 69.7. The number of benzene rings is 14. The van der Waals surface area contributed by atoms with E-state index in [0.717, 1.165) is 112 Å². The van der Waals surface area contributed by atoms with E-state index in [9.17, 15) is 0 Å². The third-order valence-corrected chi connectivity index (χ3v) is 22.2. The molecule has 2 atom stereocenters. The Labute approximate surface area is 598 Å². The molecular weight excluding hydrogens is 1240 g/mol. The van der Waals surface area contributed by atoms with Crippen molar-refractivity contribution < 1.29 is 8.78 Å². The first kappa shape index (κ1) is 63.5. The minimum absolute atomic E-state index is 0.268. The van der Waals surface area contributed by atoms with E-state index < -0.39 is 10.8 Å². The molecule has 17 rings (SSSR count). The third-order valence-electron chi connectivity index (χ3n) is 22.2. The third kappa shape index (κ3) is 10.2. The Kier molecular flexibility index (Phi) is 15.6. The zero-order valence-electron chi connectivity index (χ0n) is 58.3. The molecule has 0 aliphatic heterocycles. The van der Waals surface area contributed by atoms with Crippen LogP contribution in [0.15, 0.2) is 304 Å². The highest BCUT2D eigenvalue weighted by Crippen LogP contribution is 2.61. The van der Waals surface area contributed by atoms with Crippen LogP contribution in [0.2, 0.25) is 0 Å². The van der Waals surface area contributed by atoms with E-state index in [2.05, 4.69) is 318 Å².